The van der Waals surface area contributed by atoms with E-state index in [1.165, 1.54) is 0 Å². The average molecular weight is 859 g/mol. The van der Waals surface area contributed by atoms with E-state index in [4.69, 9.17) is 47.9 Å². The minimum atomic E-state index is -0.141. The summed E-state index contributed by atoms with van der Waals surface area (Å²) >= 11 is 0. The topological polar surface area (TPSA) is 126 Å². The summed E-state index contributed by atoms with van der Waals surface area (Å²) in [6.45, 7) is 0. The summed E-state index contributed by atoms with van der Waals surface area (Å²) in [4.78, 5) is 14.8. The summed E-state index contributed by atoms with van der Waals surface area (Å²) in [6.07, 6.45) is 9.91. The van der Waals surface area contributed by atoms with Crippen molar-refractivity contribution >= 4 is 33.7 Å². The molecule has 5 heterocycles. The largest absolute Gasteiger partial charge is 0.497 e. The van der Waals surface area contributed by atoms with Gasteiger partial charge in [0.05, 0.1) is 79.7 Å². The maximum absolute atomic E-state index is 5.81. The first kappa shape index (κ1) is 41.9. The van der Waals surface area contributed by atoms with Gasteiger partial charge in [0.1, 0.15) is 46.0 Å². The molecule has 64 heavy (non-hydrogen) atoms. The number of aliphatic imine (C=N–C) groups is 2. The van der Waals surface area contributed by atoms with Crippen LogP contribution in [0.5, 0.6) is 46.0 Å². The quantitative estimate of drug-likeness (QED) is 0.132. The van der Waals surface area contributed by atoms with Crippen LogP contribution >= 0.6 is 0 Å². The summed E-state index contributed by atoms with van der Waals surface area (Å²) in [7, 11) is 13.3. The van der Waals surface area contributed by atoms with E-state index >= 15 is 0 Å². The monoisotopic (exact) mass is 858 g/mol. The SMILES string of the molecule is COc1cc(OC)cc(/C2=C3\C=CC(=N3)/C(c3cc(OC)cc(OC)c3)=c3/cc/c([nH]3)=C(\c3cc(OC)cc(OC)c3)C3=N/C(=C(/c4cc(OC)cc(OC)c4)C4CCC2N4)C=C3)c1. The molecule has 0 spiro atoms. The highest BCUT2D eigenvalue weighted by molar-refractivity contribution is 6.31. The normalized spacial score (nSPS) is 21.6. The average Bonchev–Trinajstić information content (AvgIpc) is 4.19. The molecule has 2 N–H and O–H groups in total. The van der Waals surface area contributed by atoms with E-state index < -0.39 is 0 Å². The van der Waals surface area contributed by atoms with E-state index in [1.807, 2.05) is 72.8 Å². The van der Waals surface area contributed by atoms with Crippen LogP contribution in [0.2, 0.25) is 0 Å². The molecule has 0 saturated carbocycles. The van der Waals surface area contributed by atoms with E-state index in [1.54, 1.807) is 56.9 Å². The van der Waals surface area contributed by atoms with Crippen LogP contribution in [-0.2, 0) is 0 Å². The fourth-order valence-electron chi connectivity index (χ4n) is 8.96. The summed E-state index contributed by atoms with van der Waals surface area (Å²) < 4.78 is 46.4. The second kappa shape index (κ2) is 17.7. The number of nitrogens with zero attached hydrogens (tertiary/aromatic N) is 2. The van der Waals surface area contributed by atoms with Gasteiger partial charge in [-0.05, 0) is 120 Å². The van der Waals surface area contributed by atoms with Gasteiger partial charge in [-0.25, -0.2) is 9.98 Å². The van der Waals surface area contributed by atoms with Gasteiger partial charge >= 0.3 is 0 Å². The number of H-pyrrole nitrogens is 1. The van der Waals surface area contributed by atoms with Crippen LogP contribution in [0.4, 0.5) is 0 Å². The smallest absolute Gasteiger partial charge is 0.123 e. The van der Waals surface area contributed by atoms with Crippen molar-refractivity contribution in [2.45, 2.75) is 24.9 Å². The van der Waals surface area contributed by atoms with Crippen LogP contribution in [0.25, 0.3) is 22.3 Å². The molecule has 2 unspecified atom stereocenters. The van der Waals surface area contributed by atoms with Gasteiger partial charge in [-0.1, -0.05) is 0 Å². The molecule has 0 radical (unpaired) electrons. The molecule has 12 heteroatoms. The highest BCUT2D eigenvalue weighted by Crippen LogP contribution is 2.42. The molecule has 1 saturated heterocycles. The molecule has 2 atom stereocenters. The van der Waals surface area contributed by atoms with Gasteiger partial charge in [0.15, 0.2) is 0 Å². The lowest BCUT2D eigenvalue weighted by molar-refractivity contribution is 0.394. The van der Waals surface area contributed by atoms with E-state index in [0.29, 0.717) is 46.0 Å². The predicted molar refractivity (Wildman–Crippen MR) is 250 cm³/mol. The van der Waals surface area contributed by atoms with Crippen molar-refractivity contribution in [1.29, 1.82) is 0 Å². The molecular weight excluding hydrogens is 809 g/mol. The molecule has 4 aromatic carbocycles. The Morgan fingerprint density at radius 3 is 0.984 bits per heavy atom. The first-order valence-corrected chi connectivity index (χ1v) is 20.9. The Morgan fingerprint density at radius 2 is 0.688 bits per heavy atom. The molecule has 0 aliphatic carbocycles. The Morgan fingerprint density at radius 1 is 0.391 bits per heavy atom. The van der Waals surface area contributed by atoms with Gasteiger partial charge in [-0.3, -0.25) is 0 Å². The van der Waals surface area contributed by atoms with Gasteiger partial charge < -0.3 is 48.2 Å². The van der Waals surface area contributed by atoms with E-state index in [-0.39, 0.29) is 12.1 Å². The van der Waals surface area contributed by atoms with Crippen molar-refractivity contribution in [3.63, 3.8) is 0 Å². The lowest BCUT2D eigenvalue weighted by Gasteiger charge is -2.23. The zero-order valence-corrected chi connectivity index (χ0v) is 37.1. The Labute approximate surface area is 372 Å². The van der Waals surface area contributed by atoms with Crippen molar-refractivity contribution in [2.75, 3.05) is 56.9 Å². The molecule has 4 aliphatic heterocycles. The van der Waals surface area contributed by atoms with Gasteiger partial charge in [0.2, 0.25) is 0 Å². The van der Waals surface area contributed by atoms with Crippen LogP contribution in [0, 0.1) is 0 Å². The summed E-state index contributed by atoms with van der Waals surface area (Å²) in [6, 6.07) is 27.5. The van der Waals surface area contributed by atoms with E-state index in [9.17, 15) is 0 Å². The minimum Gasteiger partial charge on any atom is -0.497 e. The third kappa shape index (κ3) is 7.92. The van der Waals surface area contributed by atoms with Crippen molar-refractivity contribution in [3.05, 3.63) is 154 Å². The molecule has 326 valence electrons. The number of allylic oxidation sites excluding steroid dienone is 4. The number of fused-ring (bicyclic) bond motifs is 6. The summed E-state index contributed by atoms with van der Waals surface area (Å²) in [5, 5.41) is 5.70. The lowest BCUT2D eigenvalue weighted by Crippen LogP contribution is -2.32. The molecule has 5 aromatic rings. The number of aromatic amines is 1. The van der Waals surface area contributed by atoms with Crippen LogP contribution < -0.4 is 53.9 Å². The predicted octanol–water partition coefficient (Wildman–Crippen LogP) is 7.46. The first-order valence-electron chi connectivity index (χ1n) is 20.9. The van der Waals surface area contributed by atoms with Crippen molar-refractivity contribution in [2.24, 2.45) is 9.98 Å². The van der Waals surface area contributed by atoms with Crippen molar-refractivity contribution in [1.82, 2.24) is 10.3 Å². The number of benzene rings is 4. The number of aromatic nitrogens is 1. The fourth-order valence-corrected chi connectivity index (χ4v) is 8.96. The molecule has 1 fully saturated rings. The van der Waals surface area contributed by atoms with Gasteiger partial charge in [-0.2, -0.15) is 0 Å². The third-order valence-electron chi connectivity index (χ3n) is 12.0. The summed E-state index contributed by atoms with van der Waals surface area (Å²) in [5.74, 6) is 5.29. The van der Waals surface area contributed by atoms with E-state index in [2.05, 4.69) is 46.7 Å². The maximum Gasteiger partial charge on any atom is 0.123 e. The highest BCUT2D eigenvalue weighted by Gasteiger charge is 2.35. The van der Waals surface area contributed by atoms with Crippen molar-refractivity contribution < 1.29 is 37.9 Å². The number of hydrogen-bond acceptors (Lipinski definition) is 11. The van der Waals surface area contributed by atoms with Gasteiger partial charge in [0, 0.05) is 69.3 Å². The molecule has 12 nitrogen and oxygen atoms in total. The molecule has 0 amide bonds. The molecule has 9 rings (SSSR count). The molecule has 1 aromatic heterocycles. The number of rotatable bonds is 12. The number of hydrogen-bond donors (Lipinski definition) is 2. The molecule has 4 aliphatic rings. The zero-order valence-electron chi connectivity index (χ0n) is 37.1. The Hall–Kier alpha value is -7.44. The second-order valence-electron chi connectivity index (χ2n) is 15.5. The van der Waals surface area contributed by atoms with Gasteiger partial charge in [0.25, 0.3) is 0 Å². The Bertz CT molecular complexity index is 2700. The lowest BCUT2D eigenvalue weighted by atomic mass is 9.93. The van der Waals surface area contributed by atoms with Crippen LogP contribution in [-0.4, -0.2) is 85.4 Å². The fraction of sp³-hybridized carbons (Fsp3) is 0.231. The standard InChI is InChI=1S/C52H50N4O8/c1-57-33-17-29(18-34(25-33)58-2)49-41-9-11-43(53-41)50(30-19-35(59-3)26-36(20-30)60-4)45-13-15-47(55-45)52(32-23-39(63-7)28-40(24-32)64-8)48-16-14-46(56-48)51(44-12-10-42(49)54-44)31-21-37(61-5)27-38(22-31)62-6/h9-13,15,17-28,46,48,53,56H,14,16H2,1-8H3/b49-41-,50-43-,51-44-,52-47-. The number of methoxy groups -OCH3 is 8. The molecule has 8 bridgehead atoms. The zero-order chi connectivity index (χ0) is 44.5. The second-order valence-corrected chi connectivity index (χ2v) is 15.5. The van der Waals surface area contributed by atoms with Gasteiger partial charge in [-0.15, -0.1) is 0 Å². The van der Waals surface area contributed by atoms with Crippen LogP contribution in [0.15, 0.2) is 131 Å². The van der Waals surface area contributed by atoms with Crippen LogP contribution in [0.3, 0.4) is 0 Å². The highest BCUT2D eigenvalue weighted by atomic mass is 16.5. The van der Waals surface area contributed by atoms with Crippen molar-refractivity contribution in [3.8, 4) is 46.0 Å². The van der Waals surface area contributed by atoms with E-state index in [0.717, 1.165) is 90.9 Å². The Kier molecular flexibility index (Phi) is 11.6. The van der Waals surface area contributed by atoms with Crippen LogP contribution in [0.1, 0.15) is 35.1 Å². The number of ether oxygens (including phenoxy) is 8. The third-order valence-corrected chi connectivity index (χ3v) is 12.0. The number of nitrogens with one attached hydrogen (secondary N) is 2. The summed E-state index contributed by atoms with van der Waals surface area (Å²) in [5.41, 5.74) is 10.4. The minimum absolute atomic E-state index is 0.141. The first-order chi connectivity index (χ1) is 31.3. The maximum atomic E-state index is 5.81. The molecular formula is C52H50N4O8. The Balaban J connectivity index is 1.41.